The molecule has 1 heterocycles. The van der Waals surface area contributed by atoms with Crippen LogP contribution < -0.4 is 10.2 Å². The Kier molecular flexibility index (Phi) is 6.25. The number of nitro groups is 1. The van der Waals surface area contributed by atoms with Gasteiger partial charge in [0.05, 0.1) is 22.2 Å². The minimum atomic E-state index is -4.57. The second kappa shape index (κ2) is 8.70. The maximum absolute atomic E-state index is 13.1. The highest BCUT2D eigenvalue weighted by Gasteiger charge is 2.34. The third kappa shape index (κ3) is 4.70. The number of amides is 1. The van der Waals surface area contributed by atoms with Gasteiger partial charge in [-0.3, -0.25) is 19.8 Å². The quantitative estimate of drug-likeness (QED) is 0.586. The zero-order valence-corrected chi connectivity index (χ0v) is 16.2. The molecule has 1 aliphatic heterocycles. The normalized spacial score (nSPS) is 16.2. The number of nitrogens with zero attached hydrogens (tertiary/aromatic N) is 3. The monoisotopic (exact) mass is 422 g/mol. The number of carbonyl (C=O) groups is 1. The summed E-state index contributed by atoms with van der Waals surface area (Å²) in [6, 6.07) is 10.6. The fourth-order valence-corrected chi connectivity index (χ4v) is 3.48. The molecule has 2 aromatic carbocycles. The molecule has 0 spiro atoms. The maximum Gasteiger partial charge on any atom is 0.418 e. The number of piperazine rings is 1. The number of hydrogen-bond donors (Lipinski definition) is 1. The van der Waals surface area contributed by atoms with E-state index in [1.165, 1.54) is 24.3 Å². The highest BCUT2D eigenvalue weighted by atomic mass is 19.4. The van der Waals surface area contributed by atoms with Gasteiger partial charge in [-0.05, 0) is 25.1 Å². The molecule has 0 bridgehead atoms. The molecule has 2 aromatic rings. The average molecular weight is 422 g/mol. The predicted octanol–water partition coefficient (Wildman–Crippen LogP) is 3.76. The SMILES string of the molecule is CC(C(=O)Nc1ccccc1C(F)(F)F)N1CCN(c2ccccc2[N+](=O)[O-])CC1. The van der Waals surface area contributed by atoms with Crippen molar-refractivity contribution in [2.75, 3.05) is 36.4 Å². The maximum atomic E-state index is 13.1. The molecule has 1 unspecified atom stereocenters. The number of rotatable bonds is 5. The fourth-order valence-electron chi connectivity index (χ4n) is 3.48. The molecule has 1 amide bonds. The predicted molar refractivity (Wildman–Crippen MR) is 106 cm³/mol. The molecule has 1 atom stereocenters. The molecule has 1 N–H and O–H groups in total. The first-order chi connectivity index (χ1) is 14.2. The van der Waals surface area contributed by atoms with Crippen LogP contribution in [0.4, 0.5) is 30.2 Å². The van der Waals surface area contributed by atoms with E-state index in [4.69, 9.17) is 0 Å². The molecular weight excluding hydrogens is 401 g/mol. The lowest BCUT2D eigenvalue weighted by atomic mass is 10.1. The van der Waals surface area contributed by atoms with Gasteiger partial charge in [0.1, 0.15) is 5.69 Å². The van der Waals surface area contributed by atoms with Crippen LogP contribution in [0.1, 0.15) is 12.5 Å². The summed E-state index contributed by atoms with van der Waals surface area (Å²) in [5.74, 6) is -0.536. The zero-order chi connectivity index (χ0) is 21.9. The van der Waals surface area contributed by atoms with Gasteiger partial charge in [-0.25, -0.2) is 0 Å². The van der Waals surface area contributed by atoms with Gasteiger partial charge < -0.3 is 10.2 Å². The van der Waals surface area contributed by atoms with Gasteiger partial charge in [-0.15, -0.1) is 0 Å². The second-order valence-corrected chi connectivity index (χ2v) is 6.98. The Hall–Kier alpha value is -3.14. The van der Waals surface area contributed by atoms with Crippen molar-refractivity contribution >= 4 is 23.0 Å². The molecule has 1 aliphatic rings. The number of anilines is 2. The third-order valence-corrected chi connectivity index (χ3v) is 5.15. The van der Waals surface area contributed by atoms with Crippen molar-refractivity contribution in [3.63, 3.8) is 0 Å². The Morgan fingerprint density at radius 3 is 2.30 bits per heavy atom. The largest absolute Gasteiger partial charge is 0.418 e. The molecule has 0 aromatic heterocycles. The molecule has 1 fully saturated rings. The summed E-state index contributed by atoms with van der Waals surface area (Å²) in [5.41, 5.74) is -0.647. The molecule has 7 nitrogen and oxygen atoms in total. The molecule has 0 aliphatic carbocycles. The smallest absolute Gasteiger partial charge is 0.363 e. The van der Waals surface area contributed by atoms with Crippen LogP contribution in [0.15, 0.2) is 48.5 Å². The van der Waals surface area contributed by atoms with Gasteiger partial charge in [0.2, 0.25) is 5.91 Å². The van der Waals surface area contributed by atoms with Crippen LogP contribution in [-0.4, -0.2) is 48.0 Å². The molecule has 30 heavy (non-hydrogen) atoms. The molecule has 0 radical (unpaired) electrons. The fraction of sp³-hybridized carbons (Fsp3) is 0.350. The summed E-state index contributed by atoms with van der Waals surface area (Å²) in [7, 11) is 0. The number of para-hydroxylation sites is 3. The third-order valence-electron chi connectivity index (χ3n) is 5.15. The number of nitro benzene ring substituents is 1. The van der Waals surface area contributed by atoms with Crippen molar-refractivity contribution in [2.45, 2.75) is 19.1 Å². The molecule has 0 saturated carbocycles. The summed E-state index contributed by atoms with van der Waals surface area (Å²) < 4.78 is 39.4. The van der Waals surface area contributed by atoms with Crippen molar-refractivity contribution in [1.29, 1.82) is 0 Å². The average Bonchev–Trinajstić information content (AvgIpc) is 2.73. The Morgan fingerprint density at radius 1 is 1.07 bits per heavy atom. The first-order valence-electron chi connectivity index (χ1n) is 9.38. The highest BCUT2D eigenvalue weighted by Crippen LogP contribution is 2.34. The first kappa shape index (κ1) is 21.6. The Labute approximate surface area is 171 Å². The van der Waals surface area contributed by atoms with Gasteiger partial charge >= 0.3 is 6.18 Å². The minimum absolute atomic E-state index is 0.0144. The summed E-state index contributed by atoms with van der Waals surface area (Å²) in [6.45, 7) is 3.44. The van der Waals surface area contributed by atoms with E-state index >= 15 is 0 Å². The number of alkyl halides is 3. The van der Waals surface area contributed by atoms with Crippen molar-refractivity contribution in [1.82, 2.24) is 4.90 Å². The Balaban J connectivity index is 1.64. The van der Waals surface area contributed by atoms with Crippen molar-refractivity contribution in [2.24, 2.45) is 0 Å². The van der Waals surface area contributed by atoms with E-state index in [2.05, 4.69) is 5.32 Å². The summed E-state index contributed by atoms with van der Waals surface area (Å²) in [4.78, 5) is 27.1. The van der Waals surface area contributed by atoms with Crippen LogP contribution in [0.2, 0.25) is 0 Å². The van der Waals surface area contributed by atoms with Crippen LogP contribution in [0, 0.1) is 10.1 Å². The van der Waals surface area contributed by atoms with Crippen molar-refractivity contribution < 1.29 is 22.9 Å². The Bertz CT molecular complexity index is 928. The van der Waals surface area contributed by atoms with Crippen LogP contribution >= 0.6 is 0 Å². The van der Waals surface area contributed by atoms with Gasteiger partial charge in [0.15, 0.2) is 0 Å². The lowest BCUT2D eigenvalue weighted by molar-refractivity contribution is -0.384. The van der Waals surface area contributed by atoms with Gasteiger partial charge in [0.25, 0.3) is 5.69 Å². The van der Waals surface area contributed by atoms with E-state index in [-0.39, 0.29) is 11.4 Å². The van der Waals surface area contributed by atoms with E-state index in [0.717, 1.165) is 6.07 Å². The topological polar surface area (TPSA) is 78.7 Å². The second-order valence-electron chi connectivity index (χ2n) is 6.98. The van der Waals surface area contributed by atoms with Gasteiger partial charge in [0, 0.05) is 32.2 Å². The van der Waals surface area contributed by atoms with Gasteiger partial charge in [-0.2, -0.15) is 13.2 Å². The highest BCUT2D eigenvalue weighted by molar-refractivity contribution is 5.95. The lowest BCUT2D eigenvalue weighted by Gasteiger charge is -2.38. The number of nitrogens with one attached hydrogen (secondary N) is 1. The zero-order valence-electron chi connectivity index (χ0n) is 16.2. The van der Waals surface area contributed by atoms with E-state index in [0.29, 0.717) is 31.9 Å². The molecule has 10 heteroatoms. The van der Waals surface area contributed by atoms with Crippen molar-refractivity contribution in [3.05, 3.63) is 64.2 Å². The van der Waals surface area contributed by atoms with Crippen LogP contribution in [0.25, 0.3) is 0 Å². The lowest BCUT2D eigenvalue weighted by Crippen LogP contribution is -2.53. The van der Waals surface area contributed by atoms with Crippen LogP contribution in [-0.2, 0) is 11.0 Å². The van der Waals surface area contributed by atoms with Gasteiger partial charge in [-0.1, -0.05) is 24.3 Å². The van der Waals surface area contributed by atoms with E-state index in [9.17, 15) is 28.1 Å². The summed E-state index contributed by atoms with van der Waals surface area (Å²) in [5, 5.41) is 13.6. The number of carbonyl (C=O) groups excluding carboxylic acids is 1. The number of benzene rings is 2. The molecular formula is C20H21F3N4O3. The van der Waals surface area contributed by atoms with E-state index in [1.807, 2.05) is 9.80 Å². The van der Waals surface area contributed by atoms with Crippen LogP contribution in [0.5, 0.6) is 0 Å². The first-order valence-corrected chi connectivity index (χ1v) is 9.38. The van der Waals surface area contributed by atoms with Crippen LogP contribution in [0.3, 0.4) is 0 Å². The molecule has 1 saturated heterocycles. The molecule has 160 valence electrons. The number of hydrogen-bond acceptors (Lipinski definition) is 5. The molecule has 3 rings (SSSR count). The van der Waals surface area contributed by atoms with Crippen molar-refractivity contribution in [3.8, 4) is 0 Å². The van der Waals surface area contributed by atoms with E-state index < -0.39 is 28.6 Å². The van der Waals surface area contributed by atoms with E-state index in [1.54, 1.807) is 25.1 Å². The minimum Gasteiger partial charge on any atom is -0.363 e. The summed E-state index contributed by atoms with van der Waals surface area (Å²) in [6.07, 6.45) is -4.57. The Morgan fingerprint density at radius 2 is 1.67 bits per heavy atom. The number of halogens is 3. The standard InChI is InChI=1S/C20H21F3N4O3/c1-14(19(28)24-16-7-3-2-6-15(16)20(21,22)23)25-10-12-26(13-11-25)17-8-4-5-9-18(17)27(29)30/h2-9,14H,10-13H2,1H3,(H,24,28). The summed E-state index contributed by atoms with van der Waals surface area (Å²) >= 11 is 0.